The number of carbonyl (C=O) groups excluding carboxylic acids is 1. The van der Waals surface area contributed by atoms with Crippen molar-refractivity contribution in [3.63, 3.8) is 0 Å². The van der Waals surface area contributed by atoms with E-state index >= 15 is 0 Å². The molecule has 9 atom stereocenters. The van der Waals surface area contributed by atoms with E-state index in [-0.39, 0.29) is 18.3 Å². The lowest BCUT2D eigenvalue weighted by Crippen LogP contribution is -2.63. The molecule has 1 saturated carbocycles. The van der Waals surface area contributed by atoms with Crippen molar-refractivity contribution < 1.29 is 36.9 Å². The maximum atomic E-state index is 12.5. The van der Waals surface area contributed by atoms with E-state index in [0.29, 0.717) is 24.7 Å². The molecule has 9 heteroatoms. The van der Waals surface area contributed by atoms with Crippen LogP contribution in [0.1, 0.15) is 93.9 Å². The summed E-state index contributed by atoms with van der Waals surface area (Å²) in [5.41, 5.74) is 2.08. The van der Waals surface area contributed by atoms with Crippen molar-refractivity contribution in [2.45, 2.75) is 118 Å². The van der Waals surface area contributed by atoms with Gasteiger partial charge in [-0.05, 0) is 89.7 Å². The Morgan fingerprint density at radius 2 is 1.78 bits per heavy atom. The van der Waals surface area contributed by atoms with Crippen molar-refractivity contribution in [2.75, 3.05) is 0 Å². The molecular weight excluding hydrogens is 544 g/mol. The topological polar surface area (TPSA) is 130 Å². The first kappa shape index (κ1) is 32.4. The van der Waals surface area contributed by atoms with Gasteiger partial charge < -0.3 is 14.9 Å². The van der Waals surface area contributed by atoms with Crippen molar-refractivity contribution in [3.8, 4) is 0 Å². The number of aliphatic hydroxyl groups excluding tert-OH is 2. The molecule has 3 N–H and O–H groups in total. The van der Waals surface area contributed by atoms with Gasteiger partial charge in [0, 0.05) is 12.3 Å². The van der Waals surface area contributed by atoms with E-state index in [9.17, 15) is 28.0 Å². The predicted octanol–water partition coefficient (Wildman–Crippen LogP) is 5.57. The smallest absolute Gasteiger partial charge is 0.397 e. The van der Waals surface area contributed by atoms with Crippen LogP contribution in [0.15, 0.2) is 34.9 Å². The Bertz CT molecular complexity index is 1250. The van der Waals surface area contributed by atoms with Crippen LogP contribution >= 0.6 is 0 Å². The van der Waals surface area contributed by atoms with Crippen LogP contribution in [0.4, 0.5) is 0 Å². The first-order valence-corrected chi connectivity index (χ1v) is 16.4. The predicted molar refractivity (Wildman–Crippen MR) is 157 cm³/mol. The number of hydrogen-bond acceptors (Lipinski definition) is 7. The number of ether oxygens (including phenoxy) is 1. The molecule has 0 aliphatic heterocycles. The summed E-state index contributed by atoms with van der Waals surface area (Å²) in [5.74, 6) is 0.267. The molecule has 4 aliphatic carbocycles. The molecule has 41 heavy (non-hydrogen) atoms. The van der Waals surface area contributed by atoms with Crippen LogP contribution in [-0.4, -0.2) is 53.6 Å². The van der Waals surface area contributed by atoms with Crippen LogP contribution < -0.4 is 0 Å². The molecule has 232 valence electrons. The molecule has 4 rings (SSSR count). The first-order chi connectivity index (χ1) is 18.8. The number of hydrogen-bond donors (Lipinski definition) is 3. The normalized spacial score (nSPS) is 39.0. The highest BCUT2D eigenvalue weighted by Crippen LogP contribution is 2.67. The summed E-state index contributed by atoms with van der Waals surface area (Å²) in [5, 5.41) is 23.4. The lowest BCUT2D eigenvalue weighted by Gasteiger charge is -2.62. The third-order valence-electron chi connectivity index (χ3n) is 11.4. The van der Waals surface area contributed by atoms with Crippen LogP contribution in [0.3, 0.4) is 0 Å². The second-order valence-electron chi connectivity index (χ2n) is 14.5. The molecule has 4 aliphatic rings. The summed E-state index contributed by atoms with van der Waals surface area (Å²) in [4.78, 5) is 12.5. The van der Waals surface area contributed by atoms with Gasteiger partial charge in [-0.1, -0.05) is 66.7 Å². The van der Waals surface area contributed by atoms with Crippen LogP contribution in [0.2, 0.25) is 0 Å². The molecule has 0 aromatic carbocycles. The van der Waals surface area contributed by atoms with Gasteiger partial charge >= 0.3 is 16.4 Å². The Kier molecular flexibility index (Phi) is 8.60. The van der Waals surface area contributed by atoms with E-state index in [1.807, 2.05) is 20.8 Å². The molecule has 0 aromatic rings. The number of fused-ring (bicyclic) bond motifs is 4. The van der Waals surface area contributed by atoms with Crippen molar-refractivity contribution in [1.82, 2.24) is 0 Å². The Morgan fingerprint density at radius 1 is 1.15 bits per heavy atom. The standard InChI is InChI=1S/C32H50O8S/c1-17(2)18(3)10-11-19(4)22-13-14-23-21-12-15-25-30(6,7)28(40-41(36,37)38)24(34)16-31(25,8)26(21)27(35)29(32(22,23)9)39-20(5)33/h14,17,19,22,24-25,27-29,34-35H,3,10-13,15-16H2,1-2,4-9H3,(H,36,37,38)/t19-,22-,24-,25?,27-,28-,29+,31+,32-/m1/s1. The maximum absolute atomic E-state index is 12.5. The molecule has 0 spiro atoms. The average Bonchev–Trinajstić information content (AvgIpc) is 3.19. The second-order valence-corrected chi connectivity index (χ2v) is 15.5. The summed E-state index contributed by atoms with van der Waals surface area (Å²) >= 11 is 0. The zero-order chi connectivity index (χ0) is 30.9. The van der Waals surface area contributed by atoms with E-state index in [2.05, 4.69) is 40.3 Å². The highest BCUT2D eigenvalue weighted by Gasteiger charge is 2.65. The number of aliphatic hydroxyl groups is 2. The van der Waals surface area contributed by atoms with E-state index in [0.717, 1.165) is 36.0 Å². The van der Waals surface area contributed by atoms with Crippen molar-refractivity contribution in [2.24, 2.45) is 39.9 Å². The molecule has 1 fully saturated rings. The Balaban J connectivity index is 1.78. The van der Waals surface area contributed by atoms with E-state index in [1.54, 1.807) is 0 Å². The molecule has 0 heterocycles. The maximum Gasteiger partial charge on any atom is 0.397 e. The Labute approximate surface area is 246 Å². The SMILES string of the molecule is C=C(CC[C@@H](C)[C@H]1CC=C2C3=C([C@@H](O)[C@H](OC(C)=O)[C@@]21C)[C@@]1(C)C[C@@H](O)[C@@H](OS(=O)(=O)O)C(C)(C)C1CC3)C(C)C. The Morgan fingerprint density at radius 3 is 2.34 bits per heavy atom. The Hall–Kier alpha value is -1.52. The summed E-state index contributed by atoms with van der Waals surface area (Å²) < 4.78 is 43.9. The molecule has 0 aromatic heterocycles. The minimum atomic E-state index is -4.78. The zero-order valence-corrected chi connectivity index (χ0v) is 26.8. The summed E-state index contributed by atoms with van der Waals surface area (Å²) in [6, 6.07) is 0. The molecule has 8 nitrogen and oxygen atoms in total. The molecular formula is C32H50O8S. The summed E-state index contributed by atoms with van der Waals surface area (Å²) in [6.45, 7) is 20.0. The van der Waals surface area contributed by atoms with E-state index in [4.69, 9.17) is 8.92 Å². The highest BCUT2D eigenvalue weighted by molar-refractivity contribution is 7.80. The van der Waals surface area contributed by atoms with Gasteiger partial charge in [0.25, 0.3) is 0 Å². The fraction of sp³-hybridized carbons (Fsp3) is 0.781. The molecule has 1 unspecified atom stereocenters. The molecule has 0 bridgehead atoms. The fourth-order valence-corrected chi connectivity index (χ4v) is 10.0. The fourth-order valence-electron chi connectivity index (χ4n) is 9.36. The average molecular weight is 595 g/mol. The lowest BCUT2D eigenvalue weighted by atomic mass is 9.45. The van der Waals surface area contributed by atoms with Gasteiger partial charge in [-0.3, -0.25) is 9.35 Å². The highest BCUT2D eigenvalue weighted by atomic mass is 32.3. The second kappa shape index (κ2) is 10.9. The van der Waals surface area contributed by atoms with Crippen molar-refractivity contribution in [3.05, 3.63) is 34.9 Å². The molecule has 0 radical (unpaired) electrons. The van der Waals surface area contributed by atoms with Gasteiger partial charge in [0.05, 0.1) is 6.10 Å². The zero-order valence-electron chi connectivity index (χ0n) is 25.9. The minimum absolute atomic E-state index is 0.144. The minimum Gasteiger partial charge on any atom is -0.458 e. The van der Waals surface area contributed by atoms with Crippen molar-refractivity contribution in [1.29, 1.82) is 0 Å². The monoisotopic (exact) mass is 594 g/mol. The van der Waals surface area contributed by atoms with Gasteiger partial charge in [0.1, 0.15) is 18.3 Å². The lowest BCUT2D eigenvalue weighted by molar-refractivity contribution is -0.173. The van der Waals surface area contributed by atoms with E-state index in [1.165, 1.54) is 12.5 Å². The first-order valence-electron chi connectivity index (χ1n) is 15.1. The van der Waals surface area contributed by atoms with Crippen molar-refractivity contribution >= 4 is 16.4 Å². The van der Waals surface area contributed by atoms with Crippen LogP contribution in [0.25, 0.3) is 0 Å². The molecule has 0 amide bonds. The van der Waals surface area contributed by atoms with Crippen LogP contribution in [-0.2, 0) is 24.1 Å². The number of allylic oxidation sites excluding steroid dienone is 3. The van der Waals surface area contributed by atoms with Gasteiger partial charge in [-0.2, -0.15) is 8.42 Å². The largest absolute Gasteiger partial charge is 0.458 e. The third kappa shape index (κ3) is 5.39. The summed E-state index contributed by atoms with van der Waals surface area (Å²) in [7, 11) is -4.78. The van der Waals surface area contributed by atoms with Gasteiger partial charge in [-0.25, -0.2) is 4.18 Å². The van der Waals surface area contributed by atoms with Crippen LogP contribution in [0, 0.1) is 39.9 Å². The molecule has 0 saturated heterocycles. The quantitative estimate of drug-likeness (QED) is 0.189. The summed E-state index contributed by atoms with van der Waals surface area (Å²) in [6.07, 6.45) is 2.28. The van der Waals surface area contributed by atoms with Gasteiger partial charge in [-0.15, -0.1) is 0 Å². The number of esters is 1. The number of rotatable bonds is 8. The third-order valence-corrected chi connectivity index (χ3v) is 11.8. The van der Waals surface area contributed by atoms with Gasteiger partial charge in [0.2, 0.25) is 0 Å². The van der Waals surface area contributed by atoms with E-state index < -0.39 is 57.0 Å². The van der Waals surface area contributed by atoms with Crippen LogP contribution in [0.5, 0.6) is 0 Å². The van der Waals surface area contributed by atoms with Gasteiger partial charge in [0.15, 0.2) is 0 Å². The number of carbonyl (C=O) groups is 1.